The molecule has 0 radical (unpaired) electrons. The van der Waals surface area contributed by atoms with Crippen LogP contribution in [0, 0.1) is 0 Å². The van der Waals surface area contributed by atoms with Crippen molar-refractivity contribution in [2.24, 2.45) is 0 Å². The number of hydrogen-bond acceptors (Lipinski definition) is 6. The number of amides is 1. The van der Waals surface area contributed by atoms with E-state index in [-0.39, 0.29) is 30.0 Å². The summed E-state index contributed by atoms with van der Waals surface area (Å²) in [5, 5.41) is 2.77. The third kappa shape index (κ3) is 3.98. The molecule has 1 saturated heterocycles. The molecule has 2 aromatic heterocycles. The minimum atomic E-state index is -2.95. The van der Waals surface area contributed by atoms with Gasteiger partial charge in [-0.05, 0) is 25.6 Å². The molecule has 24 heavy (non-hydrogen) atoms. The maximum atomic E-state index is 12.1. The molecule has 0 bridgehead atoms. The Morgan fingerprint density at radius 2 is 2.29 bits per heavy atom. The Bertz CT molecular complexity index is 802. The highest BCUT2D eigenvalue weighted by Crippen LogP contribution is 2.16. The van der Waals surface area contributed by atoms with Gasteiger partial charge in [-0.15, -0.1) is 0 Å². The number of likely N-dealkylation sites (N-methyl/N-ethyl adjacent to an activating group) is 1. The van der Waals surface area contributed by atoms with Gasteiger partial charge in [-0.25, -0.2) is 18.4 Å². The maximum absolute atomic E-state index is 12.1. The highest BCUT2D eigenvalue weighted by molar-refractivity contribution is 7.91. The molecule has 3 heterocycles. The Kier molecular flexibility index (Phi) is 4.63. The molecule has 128 valence electrons. The molecular weight excluding hydrogens is 330 g/mol. The predicted molar refractivity (Wildman–Crippen MR) is 89.7 cm³/mol. The third-order valence-electron chi connectivity index (χ3n) is 4.03. The summed E-state index contributed by atoms with van der Waals surface area (Å²) in [5.41, 5.74) is 0.594. The zero-order valence-corrected chi connectivity index (χ0v) is 14.1. The van der Waals surface area contributed by atoms with Crippen LogP contribution < -0.4 is 5.32 Å². The van der Waals surface area contributed by atoms with Gasteiger partial charge in [-0.3, -0.25) is 14.3 Å². The summed E-state index contributed by atoms with van der Waals surface area (Å²) in [5.74, 6) is 0.832. The lowest BCUT2D eigenvalue weighted by Crippen LogP contribution is -2.38. The van der Waals surface area contributed by atoms with Gasteiger partial charge in [-0.1, -0.05) is 0 Å². The molecule has 1 amide bonds. The Morgan fingerprint density at radius 3 is 2.88 bits per heavy atom. The SMILES string of the molecule is CN(CC(=O)Nc1ccc(-n2ccnc2)nc1)C1CCS(=O)(=O)C1. The van der Waals surface area contributed by atoms with Crippen LogP contribution in [0.4, 0.5) is 5.69 Å². The van der Waals surface area contributed by atoms with Gasteiger partial charge in [0.05, 0.1) is 29.9 Å². The molecular formula is C15H19N5O3S. The third-order valence-corrected chi connectivity index (χ3v) is 5.78. The van der Waals surface area contributed by atoms with Crippen LogP contribution in [0.15, 0.2) is 37.1 Å². The fraction of sp³-hybridized carbons (Fsp3) is 0.400. The molecule has 0 saturated carbocycles. The molecule has 1 aliphatic rings. The molecule has 1 fully saturated rings. The van der Waals surface area contributed by atoms with Crippen LogP contribution in [-0.2, 0) is 14.6 Å². The van der Waals surface area contributed by atoms with Crippen LogP contribution in [0.2, 0.25) is 0 Å². The van der Waals surface area contributed by atoms with Crippen LogP contribution in [0.25, 0.3) is 5.82 Å². The average Bonchev–Trinajstić information content (AvgIpc) is 3.17. The maximum Gasteiger partial charge on any atom is 0.238 e. The number of aromatic nitrogens is 3. The van der Waals surface area contributed by atoms with Gasteiger partial charge < -0.3 is 5.32 Å². The summed E-state index contributed by atoms with van der Waals surface area (Å²) in [6.45, 7) is 0.142. The normalized spacial score (nSPS) is 19.5. The first-order chi connectivity index (χ1) is 11.4. The highest BCUT2D eigenvalue weighted by atomic mass is 32.2. The van der Waals surface area contributed by atoms with Gasteiger partial charge in [0.1, 0.15) is 12.1 Å². The summed E-state index contributed by atoms with van der Waals surface area (Å²) in [6, 6.07) is 3.45. The zero-order chi connectivity index (χ0) is 17.2. The minimum absolute atomic E-state index is 0.0949. The Hall–Kier alpha value is -2.26. The highest BCUT2D eigenvalue weighted by Gasteiger charge is 2.31. The van der Waals surface area contributed by atoms with E-state index in [1.807, 2.05) is 0 Å². The number of sulfone groups is 1. The molecule has 1 atom stereocenters. The predicted octanol–water partition coefficient (Wildman–Crippen LogP) is 0.325. The number of imidazole rings is 1. The Morgan fingerprint density at radius 1 is 1.46 bits per heavy atom. The monoisotopic (exact) mass is 349 g/mol. The first-order valence-electron chi connectivity index (χ1n) is 7.58. The van der Waals surface area contributed by atoms with E-state index < -0.39 is 9.84 Å². The quantitative estimate of drug-likeness (QED) is 0.835. The van der Waals surface area contributed by atoms with E-state index in [4.69, 9.17) is 0 Å². The van der Waals surface area contributed by atoms with Gasteiger partial charge in [0.2, 0.25) is 5.91 Å². The second-order valence-electron chi connectivity index (χ2n) is 5.90. The van der Waals surface area contributed by atoms with Crippen molar-refractivity contribution in [1.82, 2.24) is 19.4 Å². The largest absolute Gasteiger partial charge is 0.324 e. The van der Waals surface area contributed by atoms with E-state index in [2.05, 4.69) is 15.3 Å². The number of pyridine rings is 1. The van der Waals surface area contributed by atoms with Crippen molar-refractivity contribution < 1.29 is 13.2 Å². The number of carbonyl (C=O) groups is 1. The summed E-state index contributed by atoms with van der Waals surface area (Å²) in [7, 11) is -1.18. The van der Waals surface area contributed by atoms with Gasteiger partial charge in [-0.2, -0.15) is 0 Å². The standard InChI is InChI=1S/C15H19N5O3S/c1-19(13-4-7-24(22,23)10-13)9-15(21)18-12-2-3-14(17-8-12)20-6-5-16-11-20/h2-3,5-6,8,11,13H,4,7,9-10H2,1H3,(H,18,21). The van der Waals surface area contributed by atoms with Crippen molar-refractivity contribution >= 4 is 21.4 Å². The number of hydrogen-bond donors (Lipinski definition) is 1. The molecule has 1 N–H and O–H groups in total. The molecule has 2 aromatic rings. The molecule has 0 aromatic carbocycles. The second kappa shape index (κ2) is 6.70. The fourth-order valence-electron chi connectivity index (χ4n) is 2.69. The van der Waals surface area contributed by atoms with E-state index >= 15 is 0 Å². The minimum Gasteiger partial charge on any atom is -0.324 e. The van der Waals surface area contributed by atoms with E-state index in [0.717, 1.165) is 0 Å². The van der Waals surface area contributed by atoms with Crippen molar-refractivity contribution in [3.05, 3.63) is 37.1 Å². The average molecular weight is 349 g/mol. The van der Waals surface area contributed by atoms with Crippen LogP contribution in [0.5, 0.6) is 0 Å². The smallest absolute Gasteiger partial charge is 0.238 e. The number of rotatable bonds is 5. The number of nitrogens with one attached hydrogen (secondary N) is 1. The first kappa shape index (κ1) is 16.6. The second-order valence-corrected chi connectivity index (χ2v) is 8.12. The number of nitrogens with zero attached hydrogens (tertiary/aromatic N) is 4. The van der Waals surface area contributed by atoms with Gasteiger partial charge in [0, 0.05) is 18.4 Å². The molecule has 0 aliphatic carbocycles. The number of anilines is 1. The molecule has 1 aliphatic heterocycles. The summed E-state index contributed by atoms with van der Waals surface area (Å²) in [6.07, 6.45) is 7.24. The van der Waals surface area contributed by atoms with E-state index in [9.17, 15) is 13.2 Å². The van der Waals surface area contributed by atoms with Crippen LogP contribution in [0.1, 0.15) is 6.42 Å². The first-order valence-corrected chi connectivity index (χ1v) is 9.40. The Balaban J connectivity index is 1.55. The van der Waals surface area contributed by atoms with E-state index in [1.54, 1.807) is 53.6 Å². The van der Waals surface area contributed by atoms with Crippen LogP contribution in [0.3, 0.4) is 0 Å². The summed E-state index contributed by atoms with van der Waals surface area (Å²) >= 11 is 0. The molecule has 8 nitrogen and oxygen atoms in total. The molecule has 9 heteroatoms. The van der Waals surface area contributed by atoms with Crippen molar-refractivity contribution in [3.8, 4) is 5.82 Å². The zero-order valence-electron chi connectivity index (χ0n) is 13.3. The lowest BCUT2D eigenvalue weighted by atomic mass is 10.2. The molecule has 3 rings (SSSR count). The van der Waals surface area contributed by atoms with Crippen LogP contribution in [-0.4, -0.2) is 64.9 Å². The number of carbonyl (C=O) groups excluding carboxylic acids is 1. The fourth-order valence-corrected chi connectivity index (χ4v) is 4.49. The van der Waals surface area contributed by atoms with Crippen molar-refractivity contribution in [2.75, 3.05) is 30.4 Å². The van der Waals surface area contributed by atoms with Gasteiger partial charge in [0.15, 0.2) is 9.84 Å². The van der Waals surface area contributed by atoms with Crippen molar-refractivity contribution in [2.45, 2.75) is 12.5 Å². The van der Waals surface area contributed by atoms with E-state index in [0.29, 0.717) is 17.9 Å². The van der Waals surface area contributed by atoms with Crippen molar-refractivity contribution in [3.63, 3.8) is 0 Å². The van der Waals surface area contributed by atoms with Gasteiger partial charge >= 0.3 is 0 Å². The lowest BCUT2D eigenvalue weighted by molar-refractivity contribution is -0.117. The topological polar surface area (TPSA) is 97.2 Å². The van der Waals surface area contributed by atoms with Crippen LogP contribution >= 0.6 is 0 Å². The summed E-state index contributed by atoms with van der Waals surface area (Å²) in [4.78, 5) is 22.1. The Labute approximate surface area is 140 Å². The van der Waals surface area contributed by atoms with E-state index in [1.165, 1.54) is 0 Å². The van der Waals surface area contributed by atoms with Crippen molar-refractivity contribution in [1.29, 1.82) is 0 Å². The molecule has 0 spiro atoms. The lowest BCUT2D eigenvalue weighted by Gasteiger charge is -2.22. The summed E-state index contributed by atoms with van der Waals surface area (Å²) < 4.78 is 24.8. The van der Waals surface area contributed by atoms with Gasteiger partial charge in [0.25, 0.3) is 0 Å². The molecule has 1 unspecified atom stereocenters.